The van der Waals surface area contributed by atoms with Crippen LogP contribution in [0, 0.1) is 0 Å². The normalized spacial score (nSPS) is 18.8. The molecule has 4 heterocycles. The summed E-state index contributed by atoms with van der Waals surface area (Å²) in [6, 6.07) is 69.6. The number of rotatable bonds is 4. The average Bonchev–Trinajstić information content (AvgIpc) is 3.38. The van der Waals surface area contributed by atoms with Crippen LogP contribution in [0.25, 0.3) is 55.8 Å². The van der Waals surface area contributed by atoms with Gasteiger partial charge in [-0.1, -0.05) is 161 Å². The predicted molar refractivity (Wildman–Crippen MR) is 280 cm³/mol. The molecule has 0 saturated heterocycles. The van der Waals surface area contributed by atoms with Crippen LogP contribution in [-0.4, -0.2) is 9.13 Å². The lowest BCUT2D eigenvalue weighted by atomic mass is 9.77. The van der Waals surface area contributed by atoms with Crippen LogP contribution < -0.4 is 31.8 Å². The van der Waals surface area contributed by atoms with E-state index in [-0.39, 0.29) is 0 Å². The summed E-state index contributed by atoms with van der Waals surface area (Å²) in [4.78, 5) is 0. The maximum absolute atomic E-state index is 15.9. The third-order valence-electron chi connectivity index (χ3n) is 14.7. The number of para-hydroxylation sites is 4. The van der Waals surface area contributed by atoms with Crippen LogP contribution in [0.2, 0.25) is 0 Å². The van der Waals surface area contributed by atoms with E-state index in [0.29, 0.717) is 22.3 Å². The Hall–Kier alpha value is -7.36. The first-order valence-corrected chi connectivity index (χ1v) is 26.5. The number of nitrogens with zero attached hydrogens (tertiary/aromatic N) is 2. The van der Waals surface area contributed by atoms with Gasteiger partial charge in [-0.05, 0) is 82.9 Å². The van der Waals surface area contributed by atoms with E-state index >= 15 is 9.13 Å². The molecule has 6 nitrogen and oxygen atoms in total. The average molecular weight is 921 g/mol. The summed E-state index contributed by atoms with van der Waals surface area (Å²) in [7, 11) is -6.48. The van der Waals surface area contributed by atoms with Crippen molar-refractivity contribution < 1.29 is 18.0 Å². The fraction of sp³-hybridized carbons (Fsp3) is 0.100. The molecule has 0 amide bonds. The van der Waals surface area contributed by atoms with Crippen LogP contribution in [0.15, 0.2) is 215 Å². The molecule has 0 saturated carbocycles. The summed E-state index contributed by atoms with van der Waals surface area (Å²) < 4.78 is 50.0. The molecule has 68 heavy (non-hydrogen) atoms. The standard InChI is InChI=1S/C60H46N2O4P2/c1-59(2)43-23-11-17-29-55(43)67(63,41-19-7-5-8-20-41)57-33-31-39(35-45(57)59)61-47-25-13-15-27-51(47)65-53-38-50-54(37-49(53)61)66-52-28-16-14-26-48(52)62(50)40-32-34-58-46(36-40)60(3,4)44-24-12-18-30-56(44)68(58,64)42-21-9-6-10-22-42/h5-38H,1-4H3. The Kier molecular flexibility index (Phi) is 8.76. The maximum Gasteiger partial charge on any atom is 0.171 e. The number of hydrogen-bond acceptors (Lipinski definition) is 4. The van der Waals surface area contributed by atoms with Crippen molar-refractivity contribution in [3.63, 3.8) is 0 Å². The minimum absolute atomic E-state index is 0.456. The number of hydrogen-bond donors (Lipinski definition) is 0. The van der Waals surface area contributed by atoms with Crippen molar-refractivity contribution in [2.75, 3.05) is 0 Å². The Morgan fingerprint density at radius 1 is 0.338 bits per heavy atom. The van der Waals surface area contributed by atoms with Crippen molar-refractivity contribution in [2.24, 2.45) is 0 Å². The fourth-order valence-electron chi connectivity index (χ4n) is 11.4. The molecule has 0 N–H and O–H groups in total. The fourth-order valence-corrected chi connectivity index (χ4v) is 18.1. The lowest BCUT2D eigenvalue weighted by molar-refractivity contribution is 0.585. The molecule has 2 aromatic heterocycles. The van der Waals surface area contributed by atoms with Crippen LogP contribution in [0.5, 0.6) is 0 Å². The molecule has 8 heteroatoms. The topological polar surface area (TPSA) is 70.3 Å². The van der Waals surface area contributed by atoms with E-state index in [1.807, 2.05) is 121 Å². The van der Waals surface area contributed by atoms with Crippen LogP contribution in [0.4, 0.5) is 0 Å². The molecule has 11 aromatic rings. The lowest BCUT2D eigenvalue weighted by Gasteiger charge is -2.40. The summed E-state index contributed by atoms with van der Waals surface area (Å²) in [6.45, 7) is 8.95. The van der Waals surface area contributed by atoms with Gasteiger partial charge in [0.05, 0.1) is 22.1 Å². The summed E-state index contributed by atoms with van der Waals surface area (Å²) in [6.07, 6.45) is 0. The maximum atomic E-state index is 15.9. The molecule has 0 spiro atoms. The molecule has 330 valence electrons. The summed E-state index contributed by atoms with van der Waals surface area (Å²) in [5.74, 6) is 0. The van der Waals surface area contributed by atoms with Gasteiger partial charge in [0.1, 0.15) is 0 Å². The van der Waals surface area contributed by atoms with Gasteiger partial charge in [0.25, 0.3) is 0 Å². The van der Waals surface area contributed by atoms with Crippen LogP contribution in [0.3, 0.4) is 0 Å². The lowest BCUT2D eigenvalue weighted by Crippen LogP contribution is -2.42. The smallest absolute Gasteiger partial charge is 0.171 e. The summed E-state index contributed by atoms with van der Waals surface area (Å²) in [5.41, 5.74) is 11.3. The van der Waals surface area contributed by atoms with Crippen molar-refractivity contribution in [1.82, 2.24) is 9.13 Å². The van der Waals surface area contributed by atoms with E-state index in [9.17, 15) is 0 Å². The van der Waals surface area contributed by atoms with Gasteiger partial charge in [0, 0.05) is 66.2 Å². The number of fused-ring (bicyclic) bond motifs is 8. The molecule has 13 rings (SSSR count). The van der Waals surface area contributed by atoms with Crippen LogP contribution in [0.1, 0.15) is 49.9 Å². The molecule has 9 aromatic carbocycles. The third kappa shape index (κ3) is 5.59. The molecule has 2 aliphatic rings. The molecular formula is C60H46N2O4P2. The van der Waals surface area contributed by atoms with Crippen molar-refractivity contribution in [2.45, 2.75) is 38.5 Å². The van der Waals surface area contributed by atoms with Crippen LogP contribution >= 0.6 is 14.3 Å². The van der Waals surface area contributed by atoms with Gasteiger partial charge >= 0.3 is 0 Å². The SMILES string of the molecule is CC1(C)c2ccccc2P(=O)(c2ccccc2)c2ccc(-n3c4ccccc4oc4cc5c(cc43)oc3ccccc3n5-c3ccc4c(c3)C(C)(C)c3ccccc3P4(=O)c3ccccc3)cc21. The highest BCUT2D eigenvalue weighted by atomic mass is 31.2. The molecule has 0 aliphatic carbocycles. The molecular weight excluding hydrogens is 875 g/mol. The first-order chi connectivity index (χ1) is 33.0. The zero-order valence-electron chi connectivity index (χ0n) is 38.1. The molecule has 2 unspecified atom stereocenters. The highest BCUT2D eigenvalue weighted by Gasteiger charge is 2.46. The van der Waals surface area contributed by atoms with Crippen LogP contribution in [-0.2, 0) is 20.0 Å². The minimum atomic E-state index is -3.24. The van der Waals surface area contributed by atoms with E-state index in [4.69, 9.17) is 8.83 Å². The zero-order chi connectivity index (χ0) is 46.2. The van der Waals surface area contributed by atoms with Gasteiger partial charge in [0.15, 0.2) is 36.6 Å². The molecule has 2 atom stereocenters. The summed E-state index contributed by atoms with van der Waals surface area (Å²) >= 11 is 0. The van der Waals surface area contributed by atoms with Gasteiger partial charge < -0.3 is 27.1 Å². The van der Waals surface area contributed by atoms with Crippen molar-refractivity contribution in [3.8, 4) is 11.4 Å². The minimum Gasteiger partial charge on any atom is -0.453 e. The predicted octanol–water partition coefficient (Wildman–Crippen LogP) is 12.7. The van der Waals surface area contributed by atoms with E-state index < -0.39 is 25.1 Å². The highest BCUT2D eigenvalue weighted by Crippen LogP contribution is 2.54. The second-order valence-electron chi connectivity index (χ2n) is 19.2. The first-order valence-electron chi connectivity index (χ1n) is 23.1. The van der Waals surface area contributed by atoms with Crippen molar-refractivity contribution >= 4 is 90.5 Å². The monoisotopic (exact) mass is 920 g/mol. The van der Waals surface area contributed by atoms with Crippen molar-refractivity contribution in [1.29, 1.82) is 0 Å². The Balaban J connectivity index is 1.06. The van der Waals surface area contributed by atoms with Gasteiger partial charge in [0.2, 0.25) is 0 Å². The second kappa shape index (κ2) is 14.6. The molecule has 2 aliphatic heterocycles. The largest absolute Gasteiger partial charge is 0.453 e. The first kappa shape index (κ1) is 40.9. The summed E-state index contributed by atoms with van der Waals surface area (Å²) in [5, 5.41) is 5.15. The second-order valence-corrected chi connectivity index (χ2v) is 24.6. The van der Waals surface area contributed by atoms with E-state index in [1.165, 1.54) is 0 Å². The number of aromatic nitrogens is 2. The quantitative estimate of drug-likeness (QED) is 0.130. The molecule has 0 radical (unpaired) electrons. The Labute approximate surface area is 394 Å². The van der Waals surface area contributed by atoms with E-state index in [1.54, 1.807) is 0 Å². The van der Waals surface area contributed by atoms with E-state index in [2.05, 4.69) is 122 Å². The third-order valence-corrected chi connectivity index (χ3v) is 21.1. The molecule has 0 fully saturated rings. The zero-order valence-corrected chi connectivity index (χ0v) is 39.8. The molecule has 0 bridgehead atoms. The number of benzene rings is 9. The Bertz CT molecular complexity index is 3790. The van der Waals surface area contributed by atoms with E-state index in [0.717, 1.165) is 87.5 Å². The van der Waals surface area contributed by atoms with Gasteiger partial charge in [-0.3, -0.25) is 0 Å². The van der Waals surface area contributed by atoms with Gasteiger partial charge in [-0.15, -0.1) is 0 Å². The van der Waals surface area contributed by atoms with Crippen molar-refractivity contribution in [3.05, 3.63) is 229 Å². The Morgan fingerprint density at radius 3 is 1.12 bits per heavy atom. The van der Waals surface area contributed by atoms with Gasteiger partial charge in [-0.2, -0.15) is 0 Å². The Morgan fingerprint density at radius 2 is 0.691 bits per heavy atom. The van der Waals surface area contributed by atoms with Gasteiger partial charge in [-0.25, -0.2) is 0 Å². The highest BCUT2D eigenvalue weighted by molar-refractivity contribution is 7.86.